The van der Waals surface area contributed by atoms with E-state index >= 15 is 0 Å². The predicted octanol–water partition coefficient (Wildman–Crippen LogP) is 2.34. The highest BCUT2D eigenvalue weighted by Gasteiger charge is 2.32. The summed E-state index contributed by atoms with van der Waals surface area (Å²) in [5.74, 6) is 0. The van der Waals surface area contributed by atoms with E-state index in [0.29, 0.717) is 6.42 Å². The second-order valence-electron chi connectivity index (χ2n) is 4.83. The predicted molar refractivity (Wildman–Crippen MR) is 66.8 cm³/mol. The molecule has 1 heterocycles. The number of piperidine rings is 1. The Hall–Kier alpha value is -0.570. The van der Waals surface area contributed by atoms with E-state index in [4.69, 9.17) is 11.6 Å². The van der Waals surface area contributed by atoms with E-state index in [-0.39, 0.29) is 0 Å². The monoisotopic (exact) mass is 239 g/mol. The van der Waals surface area contributed by atoms with Crippen LogP contribution >= 0.6 is 11.6 Å². The van der Waals surface area contributed by atoms with E-state index in [0.717, 1.165) is 36.5 Å². The fraction of sp³-hybridized carbons (Fsp3) is 0.538. The van der Waals surface area contributed by atoms with Crippen molar-refractivity contribution < 1.29 is 5.11 Å². The molecule has 1 unspecified atom stereocenters. The summed E-state index contributed by atoms with van der Waals surface area (Å²) in [4.78, 5) is 2.18. The summed E-state index contributed by atoms with van der Waals surface area (Å²) in [6, 6.07) is 7.77. The molecule has 1 aromatic carbocycles. The number of hydrogen-bond donors (Lipinski definition) is 1. The van der Waals surface area contributed by atoms with Gasteiger partial charge in [-0.2, -0.15) is 0 Å². The van der Waals surface area contributed by atoms with E-state index in [1.165, 1.54) is 0 Å². The van der Waals surface area contributed by atoms with E-state index in [9.17, 15) is 5.11 Å². The summed E-state index contributed by atoms with van der Waals surface area (Å²) in [6.07, 6.45) is 2.57. The van der Waals surface area contributed by atoms with Gasteiger partial charge in [-0.15, -0.1) is 0 Å². The molecule has 0 bridgehead atoms. The molecular formula is C13H18ClNO. The Morgan fingerprint density at radius 3 is 2.88 bits per heavy atom. The van der Waals surface area contributed by atoms with E-state index in [1.54, 1.807) is 0 Å². The number of likely N-dealkylation sites (tertiary alicyclic amines) is 1. The third-order valence-electron chi connectivity index (χ3n) is 3.22. The first-order valence-corrected chi connectivity index (χ1v) is 6.11. The number of benzene rings is 1. The van der Waals surface area contributed by atoms with Gasteiger partial charge in [-0.25, -0.2) is 0 Å². The average molecular weight is 240 g/mol. The maximum atomic E-state index is 10.5. The molecule has 1 N–H and O–H groups in total. The van der Waals surface area contributed by atoms with Crippen LogP contribution in [0.5, 0.6) is 0 Å². The van der Waals surface area contributed by atoms with Gasteiger partial charge in [0.15, 0.2) is 0 Å². The molecule has 0 saturated carbocycles. The molecule has 1 saturated heterocycles. The highest BCUT2D eigenvalue weighted by molar-refractivity contribution is 6.31. The zero-order valence-electron chi connectivity index (χ0n) is 9.62. The zero-order chi connectivity index (χ0) is 11.6. The van der Waals surface area contributed by atoms with Gasteiger partial charge in [0, 0.05) is 18.0 Å². The Bertz CT molecular complexity index is 369. The number of β-amino-alcohol motifs (C(OH)–C–C–N with tert-alkyl or cyclic N) is 1. The number of halogens is 1. The van der Waals surface area contributed by atoms with Crippen LogP contribution in [-0.4, -0.2) is 35.7 Å². The quantitative estimate of drug-likeness (QED) is 0.857. The van der Waals surface area contributed by atoms with Gasteiger partial charge in [-0.3, -0.25) is 0 Å². The fourth-order valence-corrected chi connectivity index (χ4v) is 2.68. The summed E-state index contributed by atoms with van der Waals surface area (Å²) in [5.41, 5.74) is 0.430. The van der Waals surface area contributed by atoms with Gasteiger partial charge in [0.25, 0.3) is 0 Å². The molecule has 16 heavy (non-hydrogen) atoms. The highest BCUT2D eigenvalue weighted by Crippen LogP contribution is 2.27. The normalized spacial score (nSPS) is 26.9. The van der Waals surface area contributed by atoms with Gasteiger partial charge in [0.2, 0.25) is 0 Å². The van der Waals surface area contributed by atoms with Crippen LogP contribution in [0.1, 0.15) is 18.4 Å². The Kier molecular flexibility index (Phi) is 3.53. The minimum absolute atomic E-state index is 0.613. The molecule has 1 atom stereocenters. The van der Waals surface area contributed by atoms with Gasteiger partial charge in [0.05, 0.1) is 5.60 Å². The second kappa shape index (κ2) is 4.74. The second-order valence-corrected chi connectivity index (χ2v) is 5.24. The maximum absolute atomic E-state index is 10.5. The van der Waals surface area contributed by atoms with Crippen LogP contribution in [0.2, 0.25) is 5.02 Å². The zero-order valence-corrected chi connectivity index (χ0v) is 10.4. The molecule has 0 aliphatic carbocycles. The van der Waals surface area contributed by atoms with Crippen molar-refractivity contribution in [3.63, 3.8) is 0 Å². The van der Waals surface area contributed by atoms with Crippen molar-refractivity contribution in [2.75, 3.05) is 20.1 Å². The van der Waals surface area contributed by atoms with Crippen LogP contribution in [0.4, 0.5) is 0 Å². The molecular weight excluding hydrogens is 222 g/mol. The Balaban J connectivity index is 2.11. The topological polar surface area (TPSA) is 23.5 Å². The minimum atomic E-state index is -0.613. The van der Waals surface area contributed by atoms with Gasteiger partial charge in [0.1, 0.15) is 0 Å². The van der Waals surface area contributed by atoms with Crippen molar-refractivity contribution in [2.24, 2.45) is 0 Å². The summed E-state index contributed by atoms with van der Waals surface area (Å²) < 4.78 is 0. The van der Waals surface area contributed by atoms with Crippen molar-refractivity contribution in [1.29, 1.82) is 0 Å². The van der Waals surface area contributed by atoms with Crippen LogP contribution in [0.15, 0.2) is 24.3 Å². The first kappa shape index (κ1) is 11.9. The van der Waals surface area contributed by atoms with Crippen molar-refractivity contribution in [3.8, 4) is 0 Å². The third-order valence-corrected chi connectivity index (χ3v) is 3.59. The molecule has 3 heteroatoms. The maximum Gasteiger partial charge on any atom is 0.0815 e. The molecule has 1 aliphatic rings. The lowest BCUT2D eigenvalue weighted by molar-refractivity contribution is -0.0223. The number of likely N-dealkylation sites (N-methyl/N-ethyl adjacent to an activating group) is 1. The van der Waals surface area contributed by atoms with Gasteiger partial charge in [-0.1, -0.05) is 29.8 Å². The summed E-state index contributed by atoms with van der Waals surface area (Å²) >= 11 is 6.12. The molecule has 2 nitrogen and oxygen atoms in total. The lowest BCUT2D eigenvalue weighted by Gasteiger charge is -2.37. The largest absolute Gasteiger partial charge is 0.388 e. The van der Waals surface area contributed by atoms with Crippen LogP contribution in [0.25, 0.3) is 0 Å². The highest BCUT2D eigenvalue weighted by atomic mass is 35.5. The van der Waals surface area contributed by atoms with Crippen molar-refractivity contribution >= 4 is 11.6 Å². The molecule has 0 aromatic heterocycles. The Labute approximate surface area is 102 Å². The first-order valence-electron chi connectivity index (χ1n) is 5.73. The molecule has 1 fully saturated rings. The smallest absolute Gasteiger partial charge is 0.0815 e. The van der Waals surface area contributed by atoms with Gasteiger partial charge >= 0.3 is 0 Å². The fourth-order valence-electron chi connectivity index (χ4n) is 2.48. The van der Waals surface area contributed by atoms with Crippen LogP contribution in [0, 0.1) is 0 Å². The summed E-state index contributed by atoms with van der Waals surface area (Å²) in [5, 5.41) is 11.3. The molecule has 0 spiro atoms. The lowest BCUT2D eigenvalue weighted by atomic mass is 9.87. The van der Waals surface area contributed by atoms with Crippen molar-refractivity contribution in [2.45, 2.75) is 24.9 Å². The number of nitrogens with zero attached hydrogens (tertiary/aromatic N) is 1. The standard InChI is InChI=1S/C13H18ClNO/c1-15-8-4-7-13(16,10-15)9-11-5-2-3-6-12(11)14/h2-3,5-6,16H,4,7-10H2,1H3. The SMILES string of the molecule is CN1CCCC(O)(Cc2ccccc2Cl)C1. The summed E-state index contributed by atoms with van der Waals surface area (Å²) in [7, 11) is 2.05. The van der Waals surface area contributed by atoms with E-state index < -0.39 is 5.60 Å². The molecule has 1 aliphatic heterocycles. The number of aliphatic hydroxyl groups is 1. The Morgan fingerprint density at radius 2 is 2.19 bits per heavy atom. The molecule has 2 rings (SSSR count). The summed E-state index contributed by atoms with van der Waals surface area (Å²) in [6.45, 7) is 1.81. The van der Waals surface area contributed by atoms with Crippen molar-refractivity contribution in [3.05, 3.63) is 34.9 Å². The van der Waals surface area contributed by atoms with E-state index in [1.807, 2.05) is 24.3 Å². The third kappa shape index (κ3) is 2.76. The van der Waals surface area contributed by atoms with Crippen LogP contribution in [0.3, 0.4) is 0 Å². The number of hydrogen-bond acceptors (Lipinski definition) is 2. The van der Waals surface area contributed by atoms with Crippen LogP contribution in [-0.2, 0) is 6.42 Å². The average Bonchev–Trinajstić information content (AvgIpc) is 2.21. The molecule has 0 amide bonds. The van der Waals surface area contributed by atoms with E-state index in [2.05, 4.69) is 11.9 Å². The van der Waals surface area contributed by atoms with Gasteiger partial charge < -0.3 is 10.0 Å². The molecule has 88 valence electrons. The van der Waals surface area contributed by atoms with Crippen molar-refractivity contribution in [1.82, 2.24) is 4.90 Å². The van der Waals surface area contributed by atoms with Crippen LogP contribution < -0.4 is 0 Å². The lowest BCUT2D eigenvalue weighted by Crippen LogP contribution is -2.47. The van der Waals surface area contributed by atoms with Gasteiger partial charge in [-0.05, 0) is 38.1 Å². The molecule has 1 aromatic rings. The number of rotatable bonds is 2. The minimum Gasteiger partial charge on any atom is -0.388 e. The Morgan fingerprint density at radius 1 is 1.44 bits per heavy atom. The first-order chi connectivity index (χ1) is 7.59. The molecule has 0 radical (unpaired) electrons.